The SMILES string of the molecule is COc1ccc(OCC(O)CN2CCN(c3c(Cl)cncc3Cl)CC2)cc1. The van der Waals surface area contributed by atoms with Crippen molar-refractivity contribution in [2.45, 2.75) is 6.10 Å². The first-order valence-electron chi connectivity index (χ1n) is 8.78. The number of benzene rings is 1. The van der Waals surface area contributed by atoms with E-state index in [2.05, 4.69) is 14.8 Å². The van der Waals surface area contributed by atoms with Gasteiger partial charge in [0.15, 0.2) is 0 Å². The molecule has 0 radical (unpaired) electrons. The van der Waals surface area contributed by atoms with Crippen LogP contribution < -0.4 is 14.4 Å². The zero-order valence-electron chi connectivity index (χ0n) is 15.1. The van der Waals surface area contributed by atoms with Crippen molar-refractivity contribution in [1.82, 2.24) is 9.88 Å². The molecule has 1 saturated heterocycles. The van der Waals surface area contributed by atoms with Crippen molar-refractivity contribution in [3.8, 4) is 11.5 Å². The Bertz CT molecular complexity index is 717. The average Bonchev–Trinajstić information content (AvgIpc) is 2.68. The van der Waals surface area contributed by atoms with E-state index in [1.807, 2.05) is 24.3 Å². The summed E-state index contributed by atoms with van der Waals surface area (Å²) in [6.07, 6.45) is 2.65. The molecule has 1 fully saturated rings. The molecule has 0 aliphatic carbocycles. The molecular formula is C19H23Cl2N3O3. The highest BCUT2D eigenvalue weighted by Crippen LogP contribution is 2.33. The van der Waals surface area contributed by atoms with Crippen LogP contribution in [0.1, 0.15) is 0 Å². The van der Waals surface area contributed by atoms with Gasteiger partial charge in [0.25, 0.3) is 0 Å². The smallest absolute Gasteiger partial charge is 0.119 e. The predicted octanol–water partition coefficient (Wildman–Crippen LogP) is 2.96. The summed E-state index contributed by atoms with van der Waals surface area (Å²) in [5, 5.41) is 11.4. The molecule has 1 aromatic heterocycles. The van der Waals surface area contributed by atoms with Gasteiger partial charge in [-0.05, 0) is 24.3 Å². The van der Waals surface area contributed by atoms with Crippen LogP contribution in [0.3, 0.4) is 0 Å². The van der Waals surface area contributed by atoms with E-state index in [0.717, 1.165) is 37.6 Å². The van der Waals surface area contributed by atoms with Gasteiger partial charge in [0, 0.05) is 45.1 Å². The molecular weight excluding hydrogens is 389 g/mol. The summed E-state index contributed by atoms with van der Waals surface area (Å²) < 4.78 is 10.8. The fourth-order valence-electron chi connectivity index (χ4n) is 3.08. The Morgan fingerprint density at radius 2 is 1.63 bits per heavy atom. The third kappa shape index (κ3) is 5.39. The van der Waals surface area contributed by atoms with E-state index < -0.39 is 6.10 Å². The molecule has 8 heteroatoms. The number of methoxy groups -OCH3 is 1. The van der Waals surface area contributed by atoms with Gasteiger partial charge in [-0.15, -0.1) is 0 Å². The van der Waals surface area contributed by atoms with Crippen LogP contribution in [0.2, 0.25) is 10.0 Å². The van der Waals surface area contributed by atoms with Crippen molar-refractivity contribution in [3.05, 3.63) is 46.7 Å². The highest BCUT2D eigenvalue weighted by Gasteiger charge is 2.22. The molecule has 6 nitrogen and oxygen atoms in total. The number of anilines is 1. The largest absolute Gasteiger partial charge is 0.497 e. The standard InChI is InChI=1S/C19H23Cl2N3O3/c1-26-15-2-4-16(5-3-15)27-13-14(25)12-23-6-8-24(9-7-23)19-17(20)10-22-11-18(19)21/h2-5,10-11,14,25H,6-9,12-13H2,1H3. The third-order valence-electron chi connectivity index (χ3n) is 4.49. The highest BCUT2D eigenvalue weighted by atomic mass is 35.5. The number of ether oxygens (including phenoxy) is 2. The highest BCUT2D eigenvalue weighted by molar-refractivity contribution is 6.38. The van der Waals surface area contributed by atoms with Crippen LogP contribution in [0.4, 0.5) is 5.69 Å². The van der Waals surface area contributed by atoms with Gasteiger partial charge < -0.3 is 19.5 Å². The van der Waals surface area contributed by atoms with Gasteiger partial charge in [0.05, 0.1) is 22.8 Å². The van der Waals surface area contributed by atoms with Gasteiger partial charge in [-0.2, -0.15) is 0 Å². The molecule has 1 aromatic carbocycles. The minimum absolute atomic E-state index is 0.245. The van der Waals surface area contributed by atoms with Crippen molar-refractivity contribution >= 4 is 28.9 Å². The number of hydrogen-bond acceptors (Lipinski definition) is 6. The van der Waals surface area contributed by atoms with Crippen LogP contribution in [0, 0.1) is 0 Å². The zero-order valence-corrected chi connectivity index (χ0v) is 16.7. The molecule has 1 aliphatic rings. The third-order valence-corrected chi connectivity index (χ3v) is 5.04. The molecule has 2 heterocycles. The Kier molecular flexibility index (Phi) is 7.01. The molecule has 27 heavy (non-hydrogen) atoms. The molecule has 0 saturated carbocycles. The Morgan fingerprint density at radius 3 is 2.22 bits per heavy atom. The maximum atomic E-state index is 10.3. The number of aliphatic hydroxyl groups is 1. The second-order valence-electron chi connectivity index (χ2n) is 6.38. The molecule has 1 unspecified atom stereocenters. The van der Waals surface area contributed by atoms with Gasteiger partial charge in [-0.3, -0.25) is 9.88 Å². The van der Waals surface area contributed by atoms with E-state index in [1.165, 1.54) is 0 Å². The number of hydrogen-bond donors (Lipinski definition) is 1. The van der Waals surface area contributed by atoms with Crippen LogP contribution in [0.15, 0.2) is 36.7 Å². The van der Waals surface area contributed by atoms with E-state index in [0.29, 0.717) is 22.3 Å². The second-order valence-corrected chi connectivity index (χ2v) is 7.19. The summed E-state index contributed by atoms with van der Waals surface area (Å²) in [5.41, 5.74) is 0.830. The summed E-state index contributed by atoms with van der Waals surface area (Å²) in [6.45, 7) is 4.00. The summed E-state index contributed by atoms with van der Waals surface area (Å²) >= 11 is 12.5. The lowest BCUT2D eigenvalue weighted by atomic mass is 10.2. The van der Waals surface area contributed by atoms with Gasteiger partial charge in [0.2, 0.25) is 0 Å². The summed E-state index contributed by atoms with van der Waals surface area (Å²) in [4.78, 5) is 8.36. The summed E-state index contributed by atoms with van der Waals surface area (Å²) in [7, 11) is 1.62. The fraction of sp³-hybridized carbons (Fsp3) is 0.421. The molecule has 0 bridgehead atoms. The average molecular weight is 412 g/mol. The number of nitrogens with zero attached hydrogens (tertiary/aromatic N) is 3. The van der Waals surface area contributed by atoms with Crippen LogP contribution in [-0.2, 0) is 0 Å². The first-order valence-corrected chi connectivity index (χ1v) is 9.53. The molecule has 2 aromatic rings. The van der Waals surface area contributed by atoms with E-state index in [1.54, 1.807) is 19.5 Å². The summed E-state index contributed by atoms with van der Waals surface area (Å²) in [5.74, 6) is 1.48. The first-order chi connectivity index (χ1) is 13.1. The van der Waals surface area contributed by atoms with Gasteiger partial charge in [0.1, 0.15) is 24.2 Å². The Labute approximate surface area is 169 Å². The molecule has 1 atom stereocenters. The van der Waals surface area contributed by atoms with Crippen LogP contribution in [0.5, 0.6) is 11.5 Å². The van der Waals surface area contributed by atoms with Crippen LogP contribution in [0.25, 0.3) is 0 Å². The van der Waals surface area contributed by atoms with Gasteiger partial charge >= 0.3 is 0 Å². The van der Waals surface area contributed by atoms with Crippen molar-refractivity contribution in [3.63, 3.8) is 0 Å². The number of pyridine rings is 1. The second kappa shape index (κ2) is 9.46. The normalized spacial score (nSPS) is 16.2. The zero-order chi connectivity index (χ0) is 19.2. The van der Waals surface area contributed by atoms with E-state index >= 15 is 0 Å². The lowest BCUT2D eigenvalue weighted by Gasteiger charge is -2.37. The number of rotatable bonds is 7. The number of halogens is 2. The van der Waals surface area contributed by atoms with Crippen molar-refractivity contribution < 1.29 is 14.6 Å². The fourth-order valence-corrected chi connectivity index (χ4v) is 3.68. The van der Waals surface area contributed by atoms with Crippen molar-refractivity contribution in [2.75, 3.05) is 51.3 Å². The quantitative estimate of drug-likeness (QED) is 0.755. The molecule has 3 rings (SSSR count). The van der Waals surface area contributed by atoms with E-state index in [-0.39, 0.29) is 6.61 Å². The van der Waals surface area contributed by atoms with E-state index in [9.17, 15) is 5.11 Å². The monoisotopic (exact) mass is 411 g/mol. The number of β-amino-alcohol motifs (C(OH)–C–C–N with tert-alkyl or cyclic N) is 1. The molecule has 146 valence electrons. The predicted molar refractivity (Wildman–Crippen MR) is 107 cm³/mol. The Hall–Kier alpha value is -1.73. The number of aliphatic hydroxyl groups excluding tert-OH is 1. The molecule has 0 amide bonds. The van der Waals surface area contributed by atoms with Gasteiger partial charge in [-0.1, -0.05) is 23.2 Å². The van der Waals surface area contributed by atoms with Gasteiger partial charge in [-0.25, -0.2) is 0 Å². The van der Waals surface area contributed by atoms with Crippen LogP contribution >= 0.6 is 23.2 Å². The number of aromatic nitrogens is 1. The topological polar surface area (TPSA) is 58.1 Å². The molecule has 1 aliphatic heterocycles. The Balaban J connectivity index is 1.44. The molecule has 0 spiro atoms. The first kappa shape index (κ1) is 20.0. The maximum absolute atomic E-state index is 10.3. The maximum Gasteiger partial charge on any atom is 0.119 e. The van der Waals surface area contributed by atoms with Crippen LogP contribution in [-0.4, -0.2) is 67.5 Å². The summed E-state index contributed by atoms with van der Waals surface area (Å²) in [6, 6.07) is 7.31. The van der Waals surface area contributed by atoms with E-state index in [4.69, 9.17) is 32.7 Å². The minimum atomic E-state index is -0.563. The lowest BCUT2D eigenvalue weighted by molar-refractivity contribution is 0.0663. The minimum Gasteiger partial charge on any atom is -0.497 e. The lowest BCUT2D eigenvalue weighted by Crippen LogP contribution is -2.49. The van der Waals surface area contributed by atoms with Crippen molar-refractivity contribution in [2.24, 2.45) is 0 Å². The number of piperazine rings is 1. The molecule has 1 N–H and O–H groups in total. The van der Waals surface area contributed by atoms with Crippen molar-refractivity contribution in [1.29, 1.82) is 0 Å². The Morgan fingerprint density at radius 1 is 1.04 bits per heavy atom.